The maximum atomic E-state index is 12.2. The number of carbonyl (C=O) groups excluding carboxylic acids is 4. The predicted octanol–water partition coefficient (Wildman–Crippen LogP) is 1.85. The Bertz CT molecular complexity index is 767. The van der Waals surface area contributed by atoms with Crippen LogP contribution in [0.5, 0.6) is 0 Å². The van der Waals surface area contributed by atoms with E-state index >= 15 is 0 Å². The summed E-state index contributed by atoms with van der Waals surface area (Å²) in [6.45, 7) is 4.07. The molecule has 1 atom stereocenters. The molecular formula is C17H20ClN3O5. The van der Waals surface area contributed by atoms with Crippen molar-refractivity contribution in [2.24, 2.45) is 0 Å². The van der Waals surface area contributed by atoms with Gasteiger partial charge in [-0.1, -0.05) is 24.6 Å². The molecule has 8 nitrogen and oxygen atoms in total. The van der Waals surface area contributed by atoms with Crippen molar-refractivity contribution in [2.45, 2.75) is 32.7 Å². The number of nitrogens with one attached hydrogen (secondary N) is 2. The van der Waals surface area contributed by atoms with Crippen LogP contribution in [0.2, 0.25) is 5.02 Å². The van der Waals surface area contributed by atoms with E-state index in [0.29, 0.717) is 17.1 Å². The molecule has 1 aliphatic rings. The Morgan fingerprint density at radius 1 is 1.35 bits per heavy atom. The monoisotopic (exact) mass is 381 g/mol. The van der Waals surface area contributed by atoms with Crippen LogP contribution in [0, 0.1) is 6.92 Å². The molecule has 0 bridgehead atoms. The van der Waals surface area contributed by atoms with E-state index in [-0.39, 0.29) is 0 Å². The first kappa shape index (κ1) is 19.7. The van der Waals surface area contributed by atoms with Crippen LogP contribution < -0.4 is 10.6 Å². The smallest absolute Gasteiger partial charge is 0.326 e. The molecule has 9 heteroatoms. The van der Waals surface area contributed by atoms with Gasteiger partial charge in [-0.25, -0.2) is 4.79 Å². The van der Waals surface area contributed by atoms with Crippen LogP contribution in [0.4, 0.5) is 10.5 Å². The van der Waals surface area contributed by atoms with E-state index in [2.05, 4.69) is 10.6 Å². The fourth-order valence-electron chi connectivity index (χ4n) is 2.32. The Balaban J connectivity index is 1.85. The molecule has 0 aliphatic carbocycles. The second-order valence-electron chi connectivity index (χ2n) is 6.18. The van der Waals surface area contributed by atoms with Gasteiger partial charge in [0.15, 0.2) is 6.61 Å². The Morgan fingerprint density at radius 3 is 2.62 bits per heavy atom. The lowest BCUT2D eigenvalue weighted by molar-refractivity contribution is -0.150. The van der Waals surface area contributed by atoms with E-state index < -0.39 is 42.5 Å². The highest BCUT2D eigenvalue weighted by Gasteiger charge is 2.47. The first-order valence-electron chi connectivity index (χ1n) is 8.02. The van der Waals surface area contributed by atoms with Crippen molar-refractivity contribution < 1.29 is 23.9 Å². The number of anilines is 1. The van der Waals surface area contributed by atoms with Crippen LogP contribution in [0.15, 0.2) is 18.2 Å². The molecule has 0 saturated carbocycles. The summed E-state index contributed by atoms with van der Waals surface area (Å²) in [7, 11) is 0. The number of urea groups is 1. The summed E-state index contributed by atoms with van der Waals surface area (Å²) in [4.78, 5) is 48.5. The van der Waals surface area contributed by atoms with Crippen LogP contribution >= 0.6 is 11.6 Å². The number of nitrogens with zero attached hydrogens (tertiary/aromatic N) is 1. The molecule has 1 fully saturated rings. The van der Waals surface area contributed by atoms with Gasteiger partial charge in [-0.3, -0.25) is 19.3 Å². The Kier molecular flexibility index (Phi) is 5.86. The number of rotatable bonds is 6. The molecule has 0 unspecified atom stereocenters. The lowest BCUT2D eigenvalue weighted by atomic mass is 9.99. The van der Waals surface area contributed by atoms with Gasteiger partial charge in [-0.05, 0) is 38.0 Å². The van der Waals surface area contributed by atoms with Gasteiger partial charge in [0.05, 0.1) is 0 Å². The molecule has 0 aromatic heterocycles. The van der Waals surface area contributed by atoms with Crippen molar-refractivity contribution >= 4 is 41.1 Å². The maximum absolute atomic E-state index is 12.2. The van der Waals surface area contributed by atoms with Crippen molar-refractivity contribution in [1.82, 2.24) is 10.2 Å². The molecule has 1 aliphatic heterocycles. The number of hydrogen-bond acceptors (Lipinski definition) is 5. The summed E-state index contributed by atoms with van der Waals surface area (Å²) >= 11 is 5.97. The van der Waals surface area contributed by atoms with Gasteiger partial charge in [-0.15, -0.1) is 0 Å². The van der Waals surface area contributed by atoms with Gasteiger partial charge in [0.2, 0.25) is 0 Å². The number of imide groups is 1. The molecule has 1 heterocycles. The summed E-state index contributed by atoms with van der Waals surface area (Å²) in [6, 6.07) is 4.33. The van der Waals surface area contributed by atoms with Gasteiger partial charge in [0, 0.05) is 10.7 Å². The van der Waals surface area contributed by atoms with Crippen molar-refractivity contribution in [3.63, 3.8) is 0 Å². The van der Waals surface area contributed by atoms with Gasteiger partial charge in [0.25, 0.3) is 11.8 Å². The predicted molar refractivity (Wildman–Crippen MR) is 94.7 cm³/mol. The standard InChI is InChI=1S/C17H20ClN3O5/c1-4-17(3)15(24)21(16(25)20-17)8-14(23)26-9-13(22)19-11-6-5-10(2)12(18)7-11/h5-7H,4,8-9H2,1-3H3,(H,19,22)(H,20,25)/t17-/m0/s1. The third-order valence-electron chi connectivity index (χ3n) is 4.16. The minimum atomic E-state index is -1.03. The molecule has 0 spiro atoms. The topological polar surface area (TPSA) is 105 Å². The Labute approximate surface area is 155 Å². The van der Waals surface area contributed by atoms with Crippen LogP contribution in [0.25, 0.3) is 0 Å². The molecule has 1 aromatic rings. The number of benzene rings is 1. The molecule has 140 valence electrons. The average Bonchev–Trinajstić information content (AvgIpc) is 2.80. The first-order valence-corrected chi connectivity index (χ1v) is 8.40. The third-order valence-corrected chi connectivity index (χ3v) is 4.57. The molecular weight excluding hydrogens is 362 g/mol. The zero-order valence-corrected chi connectivity index (χ0v) is 15.5. The molecule has 2 rings (SSSR count). The van der Waals surface area contributed by atoms with Crippen molar-refractivity contribution in [3.8, 4) is 0 Å². The highest BCUT2D eigenvalue weighted by atomic mass is 35.5. The van der Waals surface area contributed by atoms with Gasteiger partial charge >= 0.3 is 12.0 Å². The molecule has 2 N–H and O–H groups in total. The summed E-state index contributed by atoms with van der Waals surface area (Å²) in [5, 5.41) is 5.57. The zero-order valence-electron chi connectivity index (χ0n) is 14.7. The minimum absolute atomic E-state index is 0.393. The summed E-state index contributed by atoms with van der Waals surface area (Å²) in [6.07, 6.45) is 0.393. The quantitative estimate of drug-likeness (QED) is 0.578. The zero-order chi connectivity index (χ0) is 19.5. The summed E-state index contributed by atoms with van der Waals surface area (Å²) < 4.78 is 4.83. The lowest BCUT2D eigenvalue weighted by Crippen LogP contribution is -2.43. The summed E-state index contributed by atoms with van der Waals surface area (Å²) in [5.74, 6) is -1.92. The van der Waals surface area contributed by atoms with E-state index in [1.165, 1.54) is 0 Å². The van der Waals surface area contributed by atoms with E-state index in [4.69, 9.17) is 16.3 Å². The lowest BCUT2D eigenvalue weighted by Gasteiger charge is -2.18. The first-order chi connectivity index (χ1) is 12.2. The number of carbonyl (C=O) groups is 4. The van der Waals surface area contributed by atoms with Gasteiger partial charge in [-0.2, -0.15) is 0 Å². The molecule has 0 radical (unpaired) electrons. The van der Waals surface area contributed by atoms with Gasteiger partial charge in [0.1, 0.15) is 12.1 Å². The number of ether oxygens (including phenoxy) is 1. The van der Waals surface area contributed by atoms with Crippen LogP contribution in [-0.2, 0) is 19.1 Å². The third kappa shape index (κ3) is 4.32. The SMILES string of the molecule is CC[C@]1(C)NC(=O)N(CC(=O)OCC(=O)Nc2ccc(C)c(Cl)c2)C1=O. The number of hydrogen-bond donors (Lipinski definition) is 2. The average molecular weight is 382 g/mol. The fraction of sp³-hybridized carbons (Fsp3) is 0.412. The van der Waals surface area contributed by atoms with E-state index in [9.17, 15) is 19.2 Å². The summed E-state index contributed by atoms with van der Waals surface area (Å²) in [5.41, 5.74) is 0.303. The Hall–Kier alpha value is -2.61. The van der Waals surface area contributed by atoms with Crippen LogP contribution in [0.3, 0.4) is 0 Å². The van der Waals surface area contributed by atoms with Crippen molar-refractivity contribution in [1.29, 1.82) is 0 Å². The number of amides is 4. The van der Waals surface area contributed by atoms with E-state index in [0.717, 1.165) is 10.5 Å². The maximum Gasteiger partial charge on any atom is 0.326 e. The van der Waals surface area contributed by atoms with Crippen molar-refractivity contribution in [3.05, 3.63) is 28.8 Å². The molecule has 1 saturated heterocycles. The van der Waals surface area contributed by atoms with Crippen LogP contribution in [0.1, 0.15) is 25.8 Å². The fourth-order valence-corrected chi connectivity index (χ4v) is 2.50. The minimum Gasteiger partial charge on any atom is -0.454 e. The largest absolute Gasteiger partial charge is 0.454 e. The molecule has 1 aromatic carbocycles. The second-order valence-corrected chi connectivity index (χ2v) is 6.59. The normalized spacial score (nSPS) is 19.3. The highest BCUT2D eigenvalue weighted by molar-refractivity contribution is 6.31. The molecule has 4 amide bonds. The number of esters is 1. The van der Waals surface area contributed by atoms with Crippen LogP contribution in [-0.4, -0.2) is 47.4 Å². The highest BCUT2D eigenvalue weighted by Crippen LogP contribution is 2.21. The Morgan fingerprint density at radius 2 is 2.04 bits per heavy atom. The van der Waals surface area contributed by atoms with Crippen molar-refractivity contribution in [2.75, 3.05) is 18.5 Å². The number of halogens is 1. The number of aryl methyl sites for hydroxylation is 1. The molecule has 26 heavy (non-hydrogen) atoms. The van der Waals surface area contributed by atoms with Gasteiger partial charge < -0.3 is 15.4 Å². The van der Waals surface area contributed by atoms with E-state index in [1.807, 2.05) is 6.92 Å². The van der Waals surface area contributed by atoms with E-state index in [1.54, 1.807) is 32.0 Å². The second kappa shape index (κ2) is 7.74.